The zero-order valence-electron chi connectivity index (χ0n) is 13.9. The van der Waals surface area contributed by atoms with Crippen molar-refractivity contribution in [3.63, 3.8) is 0 Å². The second-order valence-electron chi connectivity index (χ2n) is 5.17. The molecule has 1 unspecified atom stereocenters. The molecule has 3 rings (SSSR count). The quantitative estimate of drug-likeness (QED) is 0.699. The van der Waals surface area contributed by atoms with Gasteiger partial charge in [0.15, 0.2) is 0 Å². The summed E-state index contributed by atoms with van der Waals surface area (Å²) in [7, 11) is 0. The molecule has 1 aromatic heterocycles. The summed E-state index contributed by atoms with van der Waals surface area (Å²) in [4.78, 5) is 23.6. The molecule has 0 fully saturated rings. The van der Waals surface area contributed by atoms with Crippen molar-refractivity contribution < 1.29 is 17.5 Å². The number of aryl methyl sites for hydroxylation is 1. The van der Waals surface area contributed by atoms with Gasteiger partial charge in [-0.2, -0.15) is 0 Å². The van der Waals surface area contributed by atoms with Crippen molar-refractivity contribution in [2.75, 3.05) is 0 Å². The largest absolute Gasteiger partial charge is 2.00 e. The van der Waals surface area contributed by atoms with Crippen molar-refractivity contribution in [1.29, 1.82) is 0 Å². The molecular formula is C16H17CaNO3. The minimum atomic E-state index is -0.823. The molecule has 21 heavy (non-hydrogen) atoms. The van der Waals surface area contributed by atoms with E-state index in [2.05, 4.69) is 0 Å². The topological polar surface area (TPSA) is 59.3 Å². The molecule has 0 amide bonds. The molecule has 5 heteroatoms. The van der Waals surface area contributed by atoms with Crippen LogP contribution in [0.15, 0.2) is 36.4 Å². The second-order valence-corrected chi connectivity index (χ2v) is 5.17. The van der Waals surface area contributed by atoms with Crippen LogP contribution in [0.3, 0.4) is 0 Å². The second kappa shape index (κ2) is 6.34. The average Bonchev–Trinajstić information content (AvgIpc) is 2.99. The normalized spacial score (nSPS) is 16.1. The molecule has 1 aliphatic rings. The van der Waals surface area contributed by atoms with Gasteiger partial charge in [-0.25, -0.2) is 0 Å². The molecule has 1 N–H and O–H groups in total. The molecule has 0 radical (unpaired) electrons. The van der Waals surface area contributed by atoms with Crippen molar-refractivity contribution in [2.45, 2.75) is 25.8 Å². The standard InChI is InChI=1S/C16H15NO3.Ca.2H/c1-10-2-4-11(5-3-10)15(18)14-7-6-13-12(16(19)20)8-9-17(13)14;;;/h2-7,12H,8-9H2,1H3,(H,19,20);;;/q;+2;2*-1. The fourth-order valence-corrected chi connectivity index (χ4v) is 2.74. The summed E-state index contributed by atoms with van der Waals surface area (Å²) in [6, 6.07) is 10.9. The Morgan fingerprint density at radius 1 is 1.19 bits per heavy atom. The maximum atomic E-state index is 12.5. The number of aliphatic carboxylic acids is 1. The fraction of sp³-hybridized carbons (Fsp3) is 0.250. The Labute approximate surface area is 155 Å². The molecule has 0 spiro atoms. The smallest absolute Gasteiger partial charge is 1.00 e. The van der Waals surface area contributed by atoms with Crippen LogP contribution in [-0.4, -0.2) is 59.2 Å². The van der Waals surface area contributed by atoms with Gasteiger partial charge in [-0.3, -0.25) is 9.59 Å². The first-order valence-electron chi connectivity index (χ1n) is 6.61. The van der Waals surface area contributed by atoms with Crippen LogP contribution in [0.2, 0.25) is 0 Å². The monoisotopic (exact) mass is 311 g/mol. The van der Waals surface area contributed by atoms with Gasteiger partial charge in [-0.15, -0.1) is 0 Å². The van der Waals surface area contributed by atoms with E-state index in [0.717, 1.165) is 11.3 Å². The van der Waals surface area contributed by atoms with E-state index >= 15 is 0 Å². The summed E-state index contributed by atoms with van der Waals surface area (Å²) in [6.45, 7) is 2.56. The van der Waals surface area contributed by atoms with Crippen molar-refractivity contribution >= 4 is 49.5 Å². The van der Waals surface area contributed by atoms with Gasteiger partial charge in [0.1, 0.15) is 0 Å². The van der Waals surface area contributed by atoms with Gasteiger partial charge in [-0.1, -0.05) is 29.8 Å². The van der Waals surface area contributed by atoms with E-state index in [1.165, 1.54) is 0 Å². The van der Waals surface area contributed by atoms with E-state index in [0.29, 0.717) is 24.2 Å². The molecule has 106 valence electrons. The number of nitrogens with zero attached hydrogens (tertiary/aromatic N) is 1. The van der Waals surface area contributed by atoms with Crippen LogP contribution in [-0.2, 0) is 11.3 Å². The van der Waals surface area contributed by atoms with Gasteiger partial charge in [0.2, 0.25) is 5.78 Å². The number of carboxylic acid groups (broad SMARTS) is 1. The van der Waals surface area contributed by atoms with Gasteiger partial charge >= 0.3 is 43.7 Å². The average molecular weight is 311 g/mol. The predicted octanol–water partition coefficient (Wildman–Crippen LogP) is 2.44. The molecule has 4 nitrogen and oxygen atoms in total. The summed E-state index contributed by atoms with van der Waals surface area (Å²) in [5, 5.41) is 9.16. The third kappa shape index (κ3) is 2.93. The first-order valence-corrected chi connectivity index (χ1v) is 6.61. The minimum absolute atomic E-state index is 0. The van der Waals surface area contributed by atoms with Crippen LogP contribution in [0.4, 0.5) is 0 Å². The van der Waals surface area contributed by atoms with Gasteiger partial charge < -0.3 is 12.5 Å². The molecule has 0 aliphatic carbocycles. The molecular weight excluding hydrogens is 294 g/mol. The van der Waals surface area contributed by atoms with E-state index in [1.54, 1.807) is 24.3 Å². The molecule has 2 aromatic rings. The van der Waals surface area contributed by atoms with E-state index in [4.69, 9.17) is 5.11 Å². The Kier molecular flexibility index (Phi) is 4.91. The van der Waals surface area contributed by atoms with Crippen molar-refractivity contribution in [3.05, 3.63) is 58.9 Å². The molecule has 1 aliphatic heterocycles. The fourth-order valence-electron chi connectivity index (χ4n) is 2.74. The number of fused-ring (bicyclic) bond motifs is 1. The molecule has 0 bridgehead atoms. The van der Waals surface area contributed by atoms with Crippen LogP contribution >= 0.6 is 0 Å². The SMILES string of the molecule is Cc1ccc(C(=O)c2ccc3n2CCC3C(=O)O)cc1.[Ca+2].[H-].[H-]. The Balaban J connectivity index is 0.00000161. The van der Waals surface area contributed by atoms with Crippen molar-refractivity contribution in [2.24, 2.45) is 0 Å². The molecule has 0 saturated heterocycles. The van der Waals surface area contributed by atoms with Crippen LogP contribution in [0.5, 0.6) is 0 Å². The number of benzene rings is 1. The van der Waals surface area contributed by atoms with E-state index < -0.39 is 11.9 Å². The number of carboxylic acids is 1. The number of ketones is 1. The van der Waals surface area contributed by atoms with Gasteiger partial charge in [0.05, 0.1) is 11.6 Å². The summed E-state index contributed by atoms with van der Waals surface area (Å²) >= 11 is 0. The van der Waals surface area contributed by atoms with E-state index in [-0.39, 0.29) is 46.4 Å². The van der Waals surface area contributed by atoms with Crippen molar-refractivity contribution in [1.82, 2.24) is 4.57 Å². The Hall–Kier alpha value is -1.10. The maximum Gasteiger partial charge on any atom is 2.00 e. The molecule has 0 saturated carbocycles. The number of hydrogen-bond donors (Lipinski definition) is 1. The third-order valence-electron chi connectivity index (χ3n) is 3.86. The predicted molar refractivity (Wildman–Crippen MR) is 82.0 cm³/mol. The number of carbonyl (C=O) groups is 2. The maximum absolute atomic E-state index is 12.5. The summed E-state index contributed by atoms with van der Waals surface area (Å²) < 4.78 is 1.83. The third-order valence-corrected chi connectivity index (χ3v) is 3.86. The number of hydrogen-bond acceptors (Lipinski definition) is 2. The van der Waals surface area contributed by atoms with Gasteiger partial charge in [-0.05, 0) is 25.5 Å². The summed E-state index contributed by atoms with van der Waals surface area (Å²) in [5.41, 5.74) is 3.05. The first-order chi connectivity index (χ1) is 9.58. The first kappa shape index (κ1) is 16.3. The Bertz CT molecular complexity index is 698. The van der Waals surface area contributed by atoms with Crippen LogP contribution < -0.4 is 0 Å². The Morgan fingerprint density at radius 2 is 1.86 bits per heavy atom. The van der Waals surface area contributed by atoms with Crippen LogP contribution in [0.25, 0.3) is 0 Å². The minimum Gasteiger partial charge on any atom is -1.00 e. The van der Waals surface area contributed by atoms with Gasteiger partial charge in [0.25, 0.3) is 0 Å². The van der Waals surface area contributed by atoms with Crippen LogP contribution in [0.1, 0.15) is 42.5 Å². The molecule has 1 atom stereocenters. The Morgan fingerprint density at radius 3 is 2.48 bits per heavy atom. The van der Waals surface area contributed by atoms with Crippen molar-refractivity contribution in [3.8, 4) is 0 Å². The number of carbonyl (C=O) groups excluding carboxylic acids is 1. The van der Waals surface area contributed by atoms with Gasteiger partial charge in [0, 0.05) is 17.8 Å². The summed E-state index contributed by atoms with van der Waals surface area (Å²) in [5.74, 6) is -1.37. The zero-order chi connectivity index (χ0) is 14.3. The number of aromatic nitrogens is 1. The molecule has 2 heterocycles. The zero-order valence-corrected chi connectivity index (χ0v) is 14.1. The van der Waals surface area contributed by atoms with E-state index in [9.17, 15) is 9.59 Å². The van der Waals surface area contributed by atoms with E-state index in [1.807, 2.05) is 23.6 Å². The van der Waals surface area contributed by atoms with Crippen LogP contribution in [0, 0.1) is 6.92 Å². The summed E-state index contributed by atoms with van der Waals surface area (Å²) in [6.07, 6.45) is 0.555. The number of rotatable bonds is 3. The molecule has 1 aromatic carbocycles.